The predicted octanol–water partition coefficient (Wildman–Crippen LogP) is 3.38. The maximum atomic E-state index is 12.3. The zero-order valence-corrected chi connectivity index (χ0v) is 17.1. The fourth-order valence-electron chi connectivity index (χ4n) is 4.53. The zero-order valence-electron chi connectivity index (χ0n) is 16.3. The molecule has 0 spiro atoms. The van der Waals surface area contributed by atoms with Gasteiger partial charge in [-0.2, -0.15) is 0 Å². The van der Waals surface area contributed by atoms with Crippen molar-refractivity contribution in [1.29, 1.82) is 0 Å². The van der Waals surface area contributed by atoms with Crippen molar-refractivity contribution in [3.05, 3.63) is 29.8 Å². The minimum absolute atomic E-state index is 0.0352. The summed E-state index contributed by atoms with van der Waals surface area (Å²) in [5, 5.41) is -0.0838. The van der Waals surface area contributed by atoms with Crippen LogP contribution < -0.4 is 4.90 Å². The molecule has 2 saturated heterocycles. The van der Waals surface area contributed by atoms with Gasteiger partial charge in [0.25, 0.3) is 5.24 Å². The number of anilines is 1. The lowest BCUT2D eigenvalue weighted by molar-refractivity contribution is -0.128. The number of rotatable bonds is 5. The quantitative estimate of drug-likeness (QED) is 0.725. The smallest absolute Gasteiger partial charge is 0.289 e. The van der Waals surface area contributed by atoms with E-state index < -0.39 is 4.75 Å². The lowest BCUT2D eigenvalue weighted by Crippen LogP contribution is -2.55. The van der Waals surface area contributed by atoms with E-state index in [1.807, 2.05) is 13.8 Å². The summed E-state index contributed by atoms with van der Waals surface area (Å²) in [6.07, 6.45) is 4.34. The first-order valence-corrected chi connectivity index (χ1v) is 10.9. The third-order valence-corrected chi connectivity index (χ3v) is 7.12. The molecule has 2 fully saturated rings. The molecule has 1 aromatic carbocycles. The molecule has 0 N–H and O–H groups in total. The molecule has 0 radical (unpaired) electrons. The van der Waals surface area contributed by atoms with E-state index in [-0.39, 0.29) is 11.1 Å². The van der Waals surface area contributed by atoms with E-state index in [2.05, 4.69) is 34.1 Å². The summed E-state index contributed by atoms with van der Waals surface area (Å²) in [4.78, 5) is 30.9. The molecular formula is C21H29N3O2S. The van der Waals surface area contributed by atoms with Gasteiger partial charge in [-0.05, 0) is 69.5 Å². The van der Waals surface area contributed by atoms with Crippen molar-refractivity contribution in [2.24, 2.45) is 0 Å². The molecule has 146 valence electrons. The highest BCUT2D eigenvalue weighted by Crippen LogP contribution is 2.36. The highest BCUT2D eigenvalue weighted by Gasteiger charge is 2.45. The van der Waals surface area contributed by atoms with Crippen LogP contribution in [-0.2, 0) is 11.2 Å². The van der Waals surface area contributed by atoms with Gasteiger partial charge in [0.05, 0.1) is 4.75 Å². The number of nitrogens with zero attached hydrogens (tertiary/aromatic N) is 3. The first kappa shape index (κ1) is 18.8. The Morgan fingerprint density at radius 2 is 1.89 bits per heavy atom. The molecule has 3 aliphatic heterocycles. The molecule has 3 aliphatic rings. The predicted molar refractivity (Wildman–Crippen MR) is 110 cm³/mol. The summed E-state index contributed by atoms with van der Waals surface area (Å²) in [5.41, 5.74) is 2.92. The molecule has 4 rings (SSSR count). The summed E-state index contributed by atoms with van der Waals surface area (Å²) in [6.45, 7) is 8.59. The Balaban J connectivity index is 1.24. The zero-order chi connectivity index (χ0) is 19.0. The summed E-state index contributed by atoms with van der Waals surface area (Å²) in [7, 11) is 0. The van der Waals surface area contributed by atoms with Crippen LogP contribution >= 0.6 is 11.8 Å². The second kappa shape index (κ2) is 7.47. The number of carbonyl (C=O) groups excluding carboxylic acids is 2. The van der Waals surface area contributed by atoms with E-state index in [0.717, 1.165) is 50.8 Å². The summed E-state index contributed by atoms with van der Waals surface area (Å²) in [5.74, 6) is -0.0352. The van der Waals surface area contributed by atoms with Crippen molar-refractivity contribution < 1.29 is 9.59 Å². The minimum Gasteiger partial charge on any atom is -0.366 e. The first-order valence-electron chi connectivity index (χ1n) is 10.1. The van der Waals surface area contributed by atoms with Crippen molar-refractivity contribution >= 4 is 28.6 Å². The van der Waals surface area contributed by atoms with E-state index in [1.165, 1.54) is 29.0 Å². The normalized spacial score (nSPS) is 24.9. The Bertz CT molecular complexity index is 736. The van der Waals surface area contributed by atoms with Crippen molar-refractivity contribution in [2.45, 2.75) is 50.3 Å². The Morgan fingerprint density at radius 3 is 2.67 bits per heavy atom. The number of aryl methyl sites for hydroxylation is 1. The Kier molecular flexibility index (Phi) is 5.21. The Labute approximate surface area is 166 Å². The number of para-hydroxylation sites is 1. The molecule has 6 heteroatoms. The number of piperazine rings is 1. The van der Waals surface area contributed by atoms with Crippen LogP contribution in [0.1, 0.15) is 38.7 Å². The molecule has 0 bridgehead atoms. The third-order valence-electron chi connectivity index (χ3n) is 6.04. The number of hydrogen-bond donors (Lipinski definition) is 0. The van der Waals surface area contributed by atoms with Crippen molar-refractivity contribution in [1.82, 2.24) is 9.80 Å². The van der Waals surface area contributed by atoms with E-state index in [9.17, 15) is 9.59 Å². The van der Waals surface area contributed by atoms with E-state index in [1.54, 1.807) is 0 Å². The van der Waals surface area contributed by atoms with Crippen molar-refractivity contribution in [3.8, 4) is 0 Å². The maximum Gasteiger partial charge on any atom is 0.289 e. The summed E-state index contributed by atoms with van der Waals surface area (Å²) < 4.78 is -0.593. The van der Waals surface area contributed by atoms with Crippen LogP contribution in [0.2, 0.25) is 0 Å². The number of benzene rings is 1. The topological polar surface area (TPSA) is 43.9 Å². The van der Waals surface area contributed by atoms with Gasteiger partial charge in [-0.1, -0.05) is 18.2 Å². The largest absolute Gasteiger partial charge is 0.366 e. The molecule has 1 atom stereocenters. The molecule has 2 amide bonds. The average Bonchev–Trinajstić information content (AvgIpc) is 2.86. The van der Waals surface area contributed by atoms with Crippen molar-refractivity contribution in [2.75, 3.05) is 37.6 Å². The van der Waals surface area contributed by atoms with Gasteiger partial charge in [-0.25, -0.2) is 0 Å². The number of fused-ring (bicyclic) bond motifs is 3. The lowest BCUT2D eigenvalue weighted by Gasteiger charge is -2.46. The van der Waals surface area contributed by atoms with Crippen LogP contribution in [0.15, 0.2) is 24.3 Å². The number of hydrogen-bond acceptors (Lipinski definition) is 5. The second-order valence-electron chi connectivity index (χ2n) is 8.36. The maximum absolute atomic E-state index is 12.3. The number of carbonyl (C=O) groups is 2. The van der Waals surface area contributed by atoms with Gasteiger partial charge < -0.3 is 4.90 Å². The second-order valence-corrected chi connectivity index (χ2v) is 9.93. The highest BCUT2D eigenvalue weighted by molar-refractivity contribution is 8.16. The molecule has 1 aromatic rings. The lowest BCUT2D eigenvalue weighted by atomic mass is 9.94. The SMILES string of the molecule is CC1(C)SC(=O)N(CCCCN2CCN3c4ccccc4CCC3C2)C1=O. The van der Waals surface area contributed by atoms with Gasteiger partial charge in [0, 0.05) is 37.9 Å². The molecule has 0 saturated carbocycles. The molecule has 27 heavy (non-hydrogen) atoms. The monoisotopic (exact) mass is 387 g/mol. The summed E-state index contributed by atoms with van der Waals surface area (Å²) in [6, 6.07) is 9.44. The molecule has 0 aromatic heterocycles. The van der Waals surface area contributed by atoms with Gasteiger partial charge in [0.1, 0.15) is 0 Å². The van der Waals surface area contributed by atoms with Gasteiger partial charge in [-0.3, -0.25) is 19.4 Å². The van der Waals surface area contributed by atoms with Crippen LogP contribution in [0.4, 0.5) is 10.5 Å². The van der Waals surface area contributed by atoms with E-state index in [4.69, 9.17) is 0 Å². The van der Waals surface area contributed by atoms with Crippen LogP contribution in [0.5, 0.6) is 0 Å². The van der Waals surface area contributed by atoms with Gasteiger partial charge in [-0.15, -0.1) is 0 Å². The Hall–Kier alpha value is -1.53. The van der Waals surface area contributed by atoms with Gasteiger partial charge >= 0.3 is 0 Å². The fourth-order valence-corrected chi connectivity index (χ4v) is 5.45. The fraction of sp³-hybridized carbons (Fsp3) is 0.619. The van der Waals surface area contributed by atoms with Crippen molar-refractivity contribution in [3.63, 3.8) is 0 Å². The molecule has 3 heterocycles. The van der Waals surface area contributed by atoms with E-state index >= 15 is 0 Å². The van der Waals surface area contributed by atoms with Crippen LogP contribution in [0.3, 0.4) is 0 Å². The molecule has 1 unspecified atom stereocenters. The van der Waals surface area contributed by atoms with Crippen LogP contribution in [-0.4, -0.2) is 64.5 Å². The highest BCUT2D eigenvalue weighted by atomic mass is 32.2. The van der Waals surface area contributed by atoms with Gasteiger partial charge in [0.2, 0.25) is 5.91 Å². The number of unbranched alkanes of at least 4 members (excludes halogenated alkanes) is 1. The summed E-state index contributed by atoms with van der Waals surface area (Å²) >= 11 is 1.15. The van der Waals surface area contributed by atoms with E-state index in [0.29, 0.717) is 12.6 Å². The average molecular weight is 388 g/mol. The van der Waals surface area contributed by atoms with Crippen LogP contribution in [0.25, 0.3) is 0 Å². The number of imide groups is 1. The molecule has 5 nitrogen and oxygen atoms in total. The van der Waals surface area contributed by atoms with Crippen LogP contribution in [0, 0.1) is 0 Å². The van der Waals surface area contributed by atoms with Gasteiger partial charge in [0.15, 0.2) is 0 Å². The standard InChI is InChI=1S/C21H29N3O2S/c1-21(2)19(25)24(20(26)27-21)12-6-5-11-22-13-14-23-17(15-22)10-9-16-7-3-4-8-18(16)23/h3-4,7-8,17H,5-6,9-15H2,1-2H3. The Morgan fingerprint density at radius 1 is 1.11 bits per heavy atom. The third kappa shape index (κ3) is 3.74. The first-order chi connectivity index (χ1) is 13.0. The molecular weight excluding hydrogens is 358 g/mol. The molecule has 0 aliphatic carbocycles. The minimum atomic E-state index is -0.593. The number of amides is 2. The number of thioether (sulfide) groups is 1.